The first-order valence-corrected chi connectivity index (χ1v) is 8.96. The predicted octanol–water partition coefficient (Wildman–Crippen LogP) is 2.67. The fourth-order valence-corrected chi connectivity index (χ4v) is 3.00. The molecule has 0 saturated carbocycles. The second kappa shape index (κ2) is 8.16. The van der Waals surface area contributed by atoms with Gasteiger partial charge in [0.05, 0.1) is 19.5 Å². The number of carbonyl (C=O) groups is 2. The van der Waals surface area contributed by atoms with E-state index in [1.165, 1.54) is 6.26 Å². The zero-order chi connectivity index (χ0) is 19.4. The molecule has 2 amide bonds. The van der Waals surface area contributed by atoms with Gasteiger partial charge in [-0.15, -0.1) is 0 Å². The molecular formula is C20H24N2O5. The van der Waals surface area contributed by atoms with Crippen LogP contribution in [0.15, 0.2) is 41.0 Å². The maximum atomic E-state index is 12.8. The number of rotatable bonds is 5. The molecule has 3 rings (SSSR count). The van der Waals surface area contributed by atoms with E-state index in [0.717, 1.165) is 0 Å². The van der Waals surface area contributed by atoms with Crippen LogP contribution in [-0.2, 0) is 0 Å². The fourth-order valence-electron chi connectivity index (χ4n) is 3.00. The zero-order valence-corrected chi connectivity index (χ0v) is 15.8. The summed E-state index contributed by atoms with van der Waals surface area (Å²) < 4.78 is 16.2. The Hall–Kier alpha value is -2.96. The van der Waals surface area contributed by atoms with Gasteiger partial charge in [-0.05, 0) is 44.2 Å². The van der Waals surface area contributed by atoms with Gasteiger partial charge in [0.2, 0.25) is 0 Å². The Labute approximate surface area is 158 Å². The standard InChI is InChI=1S/C20H24N2O5/c1-14(2)27-16-7-6-15(13-18(16)25-3)19(23)21-8-10-22(11-9-21)20(24)17-5-4-12-26-17/h4-7,12-14H,8-11H2,1-3H3. The highest BCUT2D eigenvalue weighted by Crippen LogP contribution is 2.29. The third-order valence-electron chi connectivity index (χ3n) is 4.36. The Bertz CT molecular complexity index is 793. The Morgan fingerprint density at radius 2 is 1.67 bits per heavy atom. The van der Waals surface area contributed by atoms with Gasteiger partial charge in [0.25, 0.3) is 11.8 Å². The van der Waals surface area contributed by atoms with Crippen LogP contribution in [0.3, 0.4) is 0 Å². The number of methoxy groups -OCH3 is 1. The molecule has 2 heterocycles. The number of piperazine rings is 1. The highest BCUT2D eigenvalue weighted by molar-refractivity contribution is 5.95. The Kier molecular flexibility index (Phi) is 5.69. The van der Waals surface area contributed by atoms with Crippen molar-refractivity contribution in [3.05, 3.63) is 47.9 Å². The molecule has 27 heavy (non-hydrogen) atoms. The van der Waals surface area contributed by atoms with Crippen molar-refractivity contribution in [2.45, 2.75) is 20.0 Å². The Balaban J connectivity index is 1.64. The van der Waals surface area contributed by atoms with E-state index in [2.05, 4.69) is 0 Å². The summed E-state index contributed by atoms with van der Waals surface area (Å²) in [6.45, 7) is 5.74. The number of benzene rings is 1. The lowest BCUT2D eigenvalue weighted by atomic mass is 10.1. The number of ether oxygens (including phenoxy) is 2. The van der Waals surface area contributed by atoms with Gasteiger partial charge in [-0.1, -0.05) is 0 Å². The molecular weight excluding hydrogens is 348 g/mol. The van der Waals surface area contributed by atoms with E-state index in [-0.39, 0.29) is 17.9 Å². The highest BCUT2D eigenvalue weighted by atomic mass is 16.5. The molecule has 1 aromatic carbocycles. The van der Waals surface area contributed by atoms with E-state index in [4.69, 9.17) is 13.9 Å². The normalized spacial score (nSPS) is 14.4. The summed E-state index contributed by atoms with van der Waals surface area (Å²) in [6, 6.07) is 8.52. The minimum Gasteiger partial charge on any atom is -0.493 e. The van der Waals surface area contributed by atoms with Crippen molar-refractivity contribution in [2.24, 2.45) is 0 Å². The van der Waals surface area contributed by atoms with E-state index in [1.54, 1.807) is 47.2 Å². The van der Waals surface area contributed by atoms with Gasteiger partial charge < -0.3 is 23.7 Å². The molecule has 0 unspecified atom stereocenters. The average molecular weight is 372 g/mol. The SMILES string of the molecule is COc1cc(C(=O)N2CCN(C(=O)c3ccco3)CC2)ccc1OC(C)C. The lowest BCUT2D eigenvalue weighted by Gasteiger charge is -2.34. The molecule has 1 saturated heterocycles. The van der Waals surface area contributed by atoms with Gasteiger partial charge in [-0.2, -0.15) is 0 Å². The van der Waals surface area contributed by atoms with Gasteiger partial charge in [-0.3, -0.25) is 9.59 Å². The van der Waals surface area contributed by atoms with Gasteiger partial charge in [0.1, 0.15) is 0 Å². The first kappa shape index (κ1) is 18.8. The first-order chi connectivity index (χ1) is 13.0. The van der Waals surface area contributed by atoms with Crippen LogP contribution in [0.25, 0.3) is 0 Å². The molecule has 0 N–H and O–H groups in total. The summed E-state index contributed by atoms with van der Waals surface area (Å²) in [5.74, 6) is 1.22. The van der Waals surface area contributed by atoms with E-state index in [9.17, 15) is 9.59 Å². The Morgan fingerprint density at radius 3 is 2.22 bits per heavy atom. The van der Waals surface area contributed by atoms with Crippen LogP contribution in [0.2, 0.25) is 0 Å². The lowest BCUT2D eigenvalue weighted by molar-refractivity contribution is 0.0518. The molecule has 144 valence electrons. The maximum absolute atomic E-state index is 12.8. The molecule has 0 aliphatic carbocycles. The summed E-state index contributed by atoms with van der Waals surface area (Å²) >= 11 is 0. The van der Waals surface area contributed by atoms with Crippen LogP contribution in [-0.4, -0.2) is 61.0 Å². The quantitative estimate of drug-likeness (QED) is 0.807. The third kappa shape index (κ3) is 4.24. The van der Waals surface area contributed by atoms with Crippen molar-refractivity contribution < 1.29 is 23.5 Å². The Morgan fingerprint density at radius 1 is 1.00 bits per heavy atom. The first-order valence-electron chi connectivity index (χ1n) is 8.96. The van der Waals surface area contributed by atoms with Crippen molar-refractivity contribution in [3.63, 3.8) is 0 Å². The molecule has 2 aromatic rings. The van der Waals surface area contributed by atoms with Crippen LogP contribution >= 0.6 is 0 Å². The number of hydrogen-bond acceptors (Lipinski definition) is 5. The molecule has 0 atom stereocenters. The molecule has 0 spiro atoms. The van der Waals surface area contributed by atoms with Crippen molar-refractivity contribution in [1.82, 2.24) is 9.80 Å². The van der Waals surface area contributed by atoms with Crippen molar-refractivity contribution >= 4 is 11.8 Å². The number of furan rings is 1. The fraction of sp³-hybridized carbons (Fsp3) is 0.400. The molecule has 1 aromatic heterocycles. The van der Waals surface area contributed by atoms with Gasteiger partial charge >= 0.3 is 0 Å². The summed E-state index contributed by atoms with van der Waals surface area (Å²) in [4.78, 5) is 28.6. The molecule has 0 radical (unpaired) electrons. The van der Waals surface area contributed by atoms with Crippen molar-refractivity contribution in [1.29, 1.82) is 0 Å². The molecule has 0 bridgehead atoms. The minimum absolute atomic E-state index is 0.0141. The van der Waals surface area contributed by atoms with Gasteiger partial charge in [0, 0.05) is 31.7 Å². The van der Waals surface area contributed by atoms with Crippen LogP contribution in [0.1, 0.15) is 34.8 Å². The van der Waals surface area contributed by atoms with Crippen LogP contribution in [0.4, 0.5) is 0 Å². The second-order valence-electron chi connectivity index (χ2n) is 6.59. The highest BCUT2D eigenvalue weighted by Gasteiger charge is 2.27. The van der Waals surface area contributed by atoms with Gasteiger partial charge in [0.15, 0.2) is 17.3 Å². The van der Waals surface area contributed by atoms with Crippen molar-refractivity contribution in [3.8, 4) is 11.5 Å². The van der Waals surface area contributed by atoms with E-state index in [0.29, 0.717) is 49.0 Å². The number of hydrogen-bond donors (Lipinski definition) is 0. The molecule has 7 nitrogen and oxygen atoms in total. The summed E-state index contributed by atoms with van der Waals surface area (Å²) in [5, 5.41) is 0. The van der Waals surface area contributed by atoms with Crippen molar-refractivity contribution in [2.75, 3.05) is 33.3 Å². The monoisotopic (exact) mass is 372 g/mol. The number of carbonyl (C=O) groups excluding carboxylic acids is 2. The molecule has 7 heteroatoms. The molecule has 1 aliphatic heterocycles. The topological polar surface area (TPSA) is 72.2 Å². The summed E-state index contributed by atoms with van der Waals surface area (Å²) in [5.41, 5.74) is 0.536. The van der Waals surface area contributed by atoms with Crippen LogP contribution < -0.4 is 9.47 Å². The number of amides is 2. The molecule has 1 aliphatic rings. The van der Waals surface area contributed by atoms with Crippen LogP contribution in [0, 0.1) is 0 Å². The maximum Gasteiger partial charge on any atom is 0.289 e. The predicted molar refractivity (Wildman–Crippen MR) is 99.3 cm³/mol. The third-order valence-corrected chi connectivity index (χ3v) is 4.36. The largest absolute Gasteiger partial charge is 0.493 e. The van der Waals surface area contributed by atoms with E-state index >= 15 is 0 Å². The summed E-state index contributed by atoms with van der Waals surface area (Å²) in [6.07, 6.45) is 1.49. The lowest BCUT2D eigenvalue weighted by Crippen LogP contribution is -2.50. The molecule has 1 fully saturated rings. The van der Waals surface area contributed by atoms with E-state index < -0.39 is 0 Å². The van der Waals surface area contributed by atoms with Crippen LogP contribution in [0.5, 0.6) is 11.5 Å². The average Bonchev–Trinajstić information content (AvgIpc) is 3.21. The zero-order valence-electron chi connectivity index (χ0n) is 15.8. The second-order valence-corrected chi connectivity index (χ2v) is 6.59. The number of nitrogens with zero attached hydrogens (tertiary/aromatic N) is 2. The van der Waals surface area contributed by atoms with Gasteiger partial charge in [-0.25, -0.2) is 0 Å². The smallest absolute Gasteiger partial charge is 0.289 e. The van der Waals surface area contributed by atoms with E-state index in [1.807, 2.05) is 13.8 Å². The minimum atomic E-state index is -0.149. The summed E-state index contributed by atoms with van der Waals surface area (Å²) in [7, 11) is 1.55.